The fraction of sp³-hybridized carbons (Fsp3) is 0.267. The first kappa shape index (κ1) is 26.3. The van der Waals surface area contributed by atoms with Gasteiger partial charge in [0.05, 0.1) is 43.2 Å². The maximum Gasteiger partial charge on any atom is 0.240 e. The van der Waals surface area contributed by atoms with Crippen molar-refractivity contribution in [3.05, 3.63) is 77.9 Å². The van der Waals surface area contributed by atoms with Gasteiger partial charge in [-0.15, -0.1) is 0 Å². The number of hydrogen-bond acceptors (Lipinski definition) is 7. The van der Waals surface area contributed by atoms with Gasteiger partial charge < -0.3 is 29.8 Å². The van der Waals surface area contributed by atoms with Crippen LogP contribution in [0.4, 0.5) is 11.4 Å². The van der Waals surface area contributed by atoms with Crippen LogP contribution >= 0.6 is 0 Å². The molecule has 9 heteroatoms. The third-order valence-corrected chi connectivity index (χ3v) is 6.99. The summed E-state index contributed by atoms with van der Waals surface area (Å²) in [6.45, 7) is 3.94. The van der Waals surface area contributed by atoms with Crippen LogP contribution in [-0.2, 0) is 4.79 Å². The summed E-state index contributed by atoms with van der Waals surface area (Å²) in [5, 5.41) is 15.1. The van der Waals surface area contributed by atoms with Gasteiger partial charge in [0, 0.05) is 55.9 Å². The Morgan fingerprint density at radius 2 is 1.67 bits per heavy atom. The summed E-state index contributed by atoms with van der Waals surface area (Å²) < 4.78 is 11.0. The molecule has 39 heavy (non-hydrogen) atoms. The van der Waals surface area contributed by atoms with E-state index in [9.17, 15) is 9.90 Å². The average Bonchev–Trinajstić information content (AvgIpc) is 3.30. The summed E-state index contributed by atoms with van der Waals surface area (Å²) in [5.74, 6) is 1.15. The van der Waals surface area contributed by atoms with Gasteiger partial charge in [-0.3, -0.25) is 9.69 Å². The van der Waals surface area contributed by atoms with Crippen LogP contribution < -0.4 is 19.7 Å². The van der Waals surface area contributed by atoms with Crippen molar-refractivity contribution in [3.63, 3.8) is 0 Å². The van der Waals surface area contributed by atoms with E-state index in [1.165, 1.54) is 0 Å². The van der Waals surface area contributed by atoms with E-state index in [4.69, 9.17) is 14.5 Å². The number of piperazine rings is 1. The molecule has 3 N–H and O–H groups in total. The molecule has 2 heterocycles. The predicted molar refractivity (Wildman–Crippen MR) is 154 cm³/mol. The molecular weight excluding hydrogens is 494 g/mol. The second-order valence-electron chi connectivity index (χ2n) is 9.42. The highest BCUT2D eigenvalue weighted by atomic mass is 16.5. The first-order valence-corrected chi connectivity index (χ1v) is 12.9. The van der Waals surface area contributed by atoms with Crippen molar-refractivity contribution in [1.29, 1.82) is 0 Å². The highest BCUT2D eigenvalue weighted by Crippen LogP contribution is 2.38. The van der Waals surface area contributed by atoms with Crippen LogP contribution in [0, 0.1) is 0 Å². The number of likely N-dealkylation sites (N-methyl/N-ethyl adjacent to an activating group) is 1. The van der Waals surface area contributed by atoms with Crippen molar-refractivity contribution in [2.75, 3.05) is 58.9 Å². The smallest absolute Gasteiger partial charge is 0.240 e. The van der Waals surface area contributed by atoms with Crippen LogP contribution in [0.1, 0.15) is 11.1 Å². The molecule has 0 spiro atoms. The number of anilines is 1. The largest absolute Gasteiger partial charge is 0.494 e. The zero-order chi connectivity index (χ0) is 27.4. The zero-order valence-electron chi connectivity index (χ0n) is 22.4. The van der Waals surface area contributed by atoms with Gasteiger partial charge in [-0.1, -0.05) is 30.3 Å². The number of nitrogens with one attached hydrogen (secondary N) is 2. The van der Waals surface area contributed by atoms with Crippen LogP contribution in [0.15, 0.2) is 71.7 Å². The number of aromatic amines is 1. The molecule has 0 atom stereocenters. The normalized spacial score (nSPS) is 14.4. The quantitative estimate of drug-likeness (QED) is 0.300. The third kappa shape index (κ3) is 5.59. The lowest BCUT2D eigenvalue weighted by atomic mass is 10.0. The number of ether oxygens (including phenoxy) is 2. The number of aromatic nitrogens is 1. The van der Waals surface area contributed by atoms with Gasteiger partial charge in [0.15, 0.2) is 17.4 Å². The Balaban J connectivity index is 1.49. The van der Waals surface area contributed by atoms with Gasteiger partial charge in [0.1, 0.15) is 0 Å². The Bertz CT molecular complexity index is 1480. The first-order chi connectivity index (χ1) is 19.0. The summed E-state index contributed by atoms with van der Waals surface area (Å²) in [6, 6.07) is 20.9. The fourth-order valence-electron chi connectivity index (χ4n) is 4.80. The topological polar surface area (TPSA) is 102 Å². The van der Waals surface area contributed by atoms with E-state index in [1.807, 2.05) is 60.7 Å². The van der Waals surface area contributed by atoms with Crippen LogP contribution in [0.5, 0.6) is 17.4 Å². The summed E-state index contributed by atoms with van der Waals surface area (Å²) in [6.07, 6.45) is 0. The molecule has 1 aromatic heterocycles. The number of hydrogen-bond donors (Lipinski definition) is 3. The average molecular weight is 528 g/mol. The van der Waals surface area contributed by atoms with Crippen molar-refractivity contribution in [2.24, 2.45) is 4.99 Å². The molecule has 3 aromatic carbocycles. The lowest BCUT2D eigenvalue weighted by Crippen LogP contribution is -2.47. The summed E-state index contributed by atoms with van der Waals surface area (Å²) >= 11 is 0. The Morgan fingerprint density at radius 1 is 1.00 bits per heavy atom. The summed E-state index contributed by atoms with van der Waals surface area (Å²) in [4.78, 5) is 24.7. The van der Waals surface area contributed by atoms with Crippen LogP contribution in [0.3, 0.4) is 0 Å². The number of carbonyl (C=O) groups excluding carboxylic acids is 1. The van der Waals surface area contributed by atoms with Gasteiger partial charge in [0.25, 0.3) is 0 Å². The number of fused-ring (bicyclic) bond motifs is 1. The molecule has 1 aliphatic rings. The van der Waals surface area contributed by atoms with Crippen molar-refractivity contribution in [2.45, 2.75) is 0 Å². The lowest BCUT2D eigenvalue weighted by Gasteiger charge is -2.28. The number of carbonyl (C=O) groups is 1. The first-order valence-electron chi connectivity index (χ1n) is 12.9. The van der Waals surface area contributed by atoms with E-state index in [2.05, 4.69) is 15.2 Å². The molecule has 1 fully saturated rings. The van der Waals surface area contributed by atoms with Gasteiger partial charge in [0.2, 0.25) is 5.91 Å². The predicted octanol–water partition coefficient (Wildman–Crippen LogP) is 3.93. The standard InChI is InChI=1S/C30H33N5O4/c1-34(27(36)19-35-15-13-31-14-16-35)22-11-9-21(10-12-22)32-29(20-7-5-4-6-8-20)28-23-17-25(38-2)26(39-3)18-24(23)33-30(28)37/h4-12,17-18,31,33,37H,13-16,19H2,1-3H3. The van der Waals surface area contributed by atoms with E-state index >= 15 is 0 Å². The summed E-state index contributed by atoms with van der Waals surface area (Å²) in [7, 11) is 4.95. The highest BCUT2D eigenvalue weighted by Gasteiger charge is 2.21. The molecule has 1 saturated heterocycles. The minimum atomic E-state index is -0.00206. The van der Waals surface area contributed by atoms with Crippen molar-refractivity contribution in [3.8, 4) is 17.4 Å². The SMILES string of the molecule is COc1cc2[nH]c(O)c(C(=Nc3ccc(N(C)C(=O)CN4CCNCC4)cc3)c3ccccc3)c2cc1OC. The molecule has 4 aromatic rings. The Morgan fingerprint density at radius 3 is 2.33 bits per heavy atom. The molecule has 9 nitrogen and oxygen atoms in total. The Hall–Kier alpha value is -4.34. The monoisotopic (exact) mass is 527 g/mol. The van der Waals surface area contributed by atoms with Gasteiger partial charge in [-0.05, 0) is 30.3 Å². The zero-order valence-corrected chi connectivity index (χ0v) is 22.4. The number of methoxy groups -OCH3 is 2. The molecule has 5 rings (SSSR count). The van der Waals surface area contributed by atoms with E-state index < -0.39 is 0 Å². The van der Waals surface area contributed by atoms with E-state index in [0.717, 1.165) is 42.8 Å². The Kier molecular flexibility index (Phi) is 7.81. The number of aromatic hydroxyl groups is 1. The molecule has 0 unspecified atom stereocenters. The Labute approximate surface area is 227 Å². The van der Waals surface area contributed by atoms with Gasteiger partial charge >= 0.3 is 0 Å². The second kappa shape index (κ2) is 11.6. The van der Waals surface area contributed by atoms with E-state index in [0.29, 0.717) is 40.5 Å². The van der Waals surface area contributed by atoms with Crippen LogP contribution in [0.2, 0.25) is 0 Å². The van der Waals surface area contributed by atoms with Crippen molar-refractivity contribution >= 4 is 33.9 Å². The van der Waals surface area contributed by atoms with Crippen LogP contribution in [0.25, 0.3) is 10.9 Å². The number of H-pyrrole nitrogens is 1. The molecule has 0 aliphatic carbocycles. The molecule has 0 radical (unpaired) electrons. The number of benzene rings is 3. The lowest BCUT2D eigenvalue weighted by molar-refractivity contribution is -0.119. The van der Waals surface area contributed by atoms with E-state index in [1.54, 1.807) is 32.2 Å². The van der Waals surface area contributed by atoms with Gasteiger partial charge in [-0.2, -0.15) is 0 Å². The maximum absolute atomic E-state index is 12.9. The molecule has 1 amide bonds. The minimum absolute atomic E-state index is 0.00206. The van der Waals surface area contributed by atoms with Gasteiger partial charge in [-0.25, -0.2) is 4.99 Å². The molecule has 0 bridgehead atoms. The fourth-order valence-corrected chi connectivity index (χ4v) is 4.80. The molecule has 202 valence electrons. The molecule has 0 saturated carbocycles. The highest BCUT2D eigenvalue weighted by molar-refractivity contribution is 6.22. The number of rotatable bonds is 8. The van der Waals surface area contributed by atoms with E-state index in [-0.39, 0.29) is 11.8 Å². The second-order valence-corrected chi connectivity index (χ2v) is 9.42. The number of aliphatic imine (C=N–C) groups is 1. The molecular formula is C30H33N5O4. The minimum Gasteiger partial charge on any atom is -0.494 e. The summed E-state index contributed by atoms with van der Waals surface area (Å²) in [5.41, 5.74) is 4.18. The molecule has 1 aliphatic heterocycles. The third-order valence-electron chi connectivity index (χ3n) is 6.99. The van der Waals surface area contributed by atoms with Crippen molar-refractivity contribution in [1.82, 2.24) is 15.2 Å². The van der Waals surface area contributed by atoms with Crippen LogP contribution in [-0.4, -0.2) is 80.6 Å². The van der Waals surface area contributed by atoms with Crippen molar-refractivity contribution < 1.29 is 19.4 Å². The number of amides is 1. The number of nitrogens with zero attached hydrogens (tertiary/aromatic N) is 3. The maximum atomic E-state index is 12.9.